The van der Waals surface area contributed by atoms with Gasteiger partial charge in [0.15, 0.2) is 9.84 Å². The fourth-order valence-electron chi connectivity index (χ4n) is 1.14. The Hall–Kier alpha value is -1.07. The lowest BCUT2D eigenvalue weighted by Crippen LogP contribution is -2.20. The predicted octanol–water partition coefficient (Wildman–Crippen LogP) is 0.903. The third-order valence-electron chi connectivity index (χ3n) is 2.02. The Morgan fingerprint density at radius 3 is 2.67 bits per heavy atom. The van der Waals surface area contributed by atoms with Crippen molar-refractivity contribution in [2.75, 3.05) is 5.75 Å². The highest BCUT2D eigenvalue weighted by Crippen LogP contribution is 2.17. The maximum Gasteiger partial charge on any atom is 0.178 e. The molecule has 0 aliphatic carbocycles. The number of rotatable bonds is 4. The van der Waals surface area contributed by atoms with Crippen molar-refractivity contribution in [1.82, 2.24) is 0 Å². The molecule has 5 heteroatoms. The molecular formula is C10H15NO3S. The van der Waals surface area contributed by atoms with E-state index in [1.807, 2.05) is 0 Å². The molecule has 0 radical (unpaired) electrons. The second-order valence-electron chi connectivity index (χ2n) is 3.58. The van der Waals surface area contributed by atoms with Gasteiger partial charge < -0.3 is 10.8 Å². The molecule has 3 N–H and O–H groups in total. The lowest BCUT2D eigenvalue weighted by atomic mass is 10.3. The Balaban J connectivity index is 2.87. The first kappa shape index (κ1) is 12.0. The van der Waals surface area contributed by atoms with E-state index in [1.54, 1.807) is 6.92 Å². The SMILES string of the molecule is CC(N)CCS(=O)(=O)c1cccc(O)c1. The number of benzene rings is 1. The molecule has 0 amide bonds. The molecule has 84 valence electrons. The molecule has 1 aromatic rings. The summed E-state index contributed by atoms with van der Waals surface area (Å²) >= 11 is 0. The van der Waals surface area contributed by atoms with Crippen LogP contribution in [0.1, 0.15) is 13.3 Å². The molecule has 4 nitrogen and oxygen atoms in total. The van der Waals surface area contributed by atoms with Crippen LogP contribution in [0.5, 0.6) is 5.75 Å². The van der Waals surface area contributed by atoms with Crippen LogP contribution in [0, 0.1) is 0 Å². The zero-order valence-electron chi connectivity index (χ0n) is 8.55. The van der Waals surface area contributed by atoms with E-state index in [2.05, 4.69) is 0 Å². The quantitative estimate of drug-likeness (QED) is 0.804. The second kappa shape index (κ2) is 4.63. The van der Waals surface area contributed by atoms with Crippen LogP contribution in [0.2, 0.25) is 0 Å². The van der Waals surface area contributed by atoms with Crippen molar-refractivity contribution in [3.8, 4) is 5.75 Å². The van der Waals surface area contributed by atoms with Crippen LogP contribution >= 0.6 is 0 Å². The summed E-state index contributed by atoms with van der Waals surface area (Å²) in [6, 6.07) is 5.52. The Kier molecular flexibility index (Phi) is 3.71. The van der Waals surface area contributed by atoms with Crippen LogP contribution < -0.4 is 5.73 Å². The van der Waals surface area contributed by atoms with Crippen molar-refractivity contribution < 1.29 is 13.5 Å². The molecular weight excluding hydrogens is 214 g/mol. The standard InChI is InChI=1S/C10H15NO3S/c1-8(11)5-6-15(13,14)10-4-2-3-9(12)7-10/h2-4,7-8,12H,5-6,11H2,1H3. The van der Waals surface area contributed by atoms with E-state index < -0.39 is 9.84 Å². The molecule has 0 saturated heterocycles. The zero-order chi connectivity index (χ0) is 11.5. The van der Waals surface area contributed by atoms with E-state index in [1.165, 1.54) is 24.3 Å². The van der Waals surface area contributed by atoms with Crippen LogP contribution in [0.15, 0.2) is 29.2 Å². The molecule has 0 aromatic heterocycles. The largest absolute Gasteiger partial charge is 0.508 e. The smallest absolute Gasteiger partial charge is 0.178 e. The number of phenolic OH excluding ortho intramolecular Hbond substituents is 1. The zero-order valence-corrected chi connectivity index (χ0v) is 9.37. The van der Waals surface area contributed by atoms with Crippen LogP contribution in [-0.4, -0.2) is 25.3 Å². The summed E-state index contributed by atoms with van der Waals surface area (Å²) in [6.07, 6.45) is 0.415. The Labute approximate surface area is 89.7 Å². The van der Waals surface area contributed by atoms with Gasteiger partial charge in [-0.05, 0) is 31.5 Å². The van der Waals surface area contributed by atoms with Gasteiger partial charge in [-0.1, -0.05) is 6.07 Å². The third kappa shape index (κ3) is 3.53. The molecule has 0 heterocycles. The van der Waals surface area contributed by atoms with Crippen LogP contribution in [0.25, 0.3) is 0 Å². The van der Waals surface area contributed by atoms with Gasteiger partial charge in [0.2, 0.25) is 0 Å². The van der Waals surface area contributed by atoms with Crippen molar-refractivity contribution in [1.29, 1.82) is 0 Å². The third-order valence-corrected chi connectivity index (χ3v) is 3.76. The van der Waals surface area contributed by atoms with Gasteiger partial charge in [-0.2, -0.15) is 0 Å². The molecule has 0 aliphatic heterocycles. The Morgan fingerprint density at radius 1 is 1.47 bits per heavy atom. The molecule has 15 heavy (non-hydrogen) atoms. The van der Waals surface area contributed by atoms with Crippen molar-refractivity contribution in [2.45, 2.75) is 24.3 Å². The number of nitrogens with two attached hydrogens (primary N) is 1. The van der Waals surface area contributed by atoms with Crippen LogP contribution in [0.3, 0.4) is 0 Å². The van der Waals surface area contributed by atoms with E-state index in [0.717, 1.165) is 0 Å². The van der Waals surface area contributed by atoms with Gasteiger partial charge in [0.25, 0.3) is 0 Å². The molecule has 0 aliphatic rings. The number of sulfone groups is 1. The van der Waals surface area contributed by atoms with Gasteiger partial charge >= 0.3 is 0 Å². The normalized spacial score (nSPS) is 13.7. The molecule has 0 bridgehead atoms. The molecule has 1 rings (SSSR count). The van der Waals surface area contributed by atoms with Crippen LogP contribution in [-0.2, 0) is 9.84 Å². The summed E-state index contributed by atoms with van der Waals surface area (Å²) in [5, 5.41) is 9.16. The highest BCUT2D eigenvalue weighted by molar-refractivity contribution is 7.91. The highest BCUT2D eigenvalue weighted by atomic mass is 32.2. The number of aromatic hydroxyl groups is 1. The van der Waals surface area contributed by atoms with Crippen LogP contribution in [0.4, 0.5) is 0 Å². The summed E-state index contributed by atoms with van der Waals surface area (Å²) < 4.78 is 23.4. The highest BCUT2D eigenvalue weighted by Gasteiger charge is 2.15. The van der Waals surface area contributed by atoms with Crippen molar-refractivity contribution in [2.24, 2.45) is 5.73 Å². The summed E-state index contributed by atoms with van der Waals surface area (Å²) in [5.74, 6) is -0.0365. The Morgan fingerprint density at radius 2 is 2.13 bits per heavy atom. The summed E-state index contributed by atoms with van der Waals surface area (Å²) in [5.41, 5.74) is 5.49. The van der Waals surface area contributed by atoms with Crippen molar-refractivity contribution >= 4 is 9.84 Å². The second-order valence-corrected chi connectivity index (χ2v) is 5.69. The molecule has 0 saturated carbocycles. The lowest BCUT2D eigenvalue weighted by Gasteiger charge is -2.06. The first-order valence-electron chi connectivity index (χ1n) is 4.69. The summed E-state index contributed by atoms with van der Waals surface area (Å²) in [4.78, 5) is 0.142. The molecule has 0 spiro atoms. The first-order valence-corrected chi connectivity index (χ1v) is 6.34. The topological polar surface area (TPSA) is 80.4 Å². The maximum absolute atomic E-state index is 11.7. The molecule has 1 aromatic carbocycles. The minimum Gasteiger partial charge on any atom is -0.508 e. The molecule has 1 atom stereocenters. The average Bonchev–Trinajstić information content (AvgIpc) is 2.15. The number of hydrogen-bond acceptors (Lipinski definition) is 4. The first-order chi connectivity index (χ1) is 6.92. The van der Waals surface area contributed by atoms with E-state index in [-0.39, 0.29) is 22.4 Å². The van der Waals surface area contributed by atoms with E-state index >= 15 is 0 Å². The van der Waals surface area contributed by atoms with Gasteiger partial charge in [-0.15, -0.1) is 0 Å². The minimum absolute atomic E-state index is 0.00806. The maximum atomic E-state index is 11.7. The predicted molar refractivity (Wildman–Crippen MR) is 58.4 cm³/mol. The minimum atomic E-state index is -3.32. The Bertz CT molecular complexity index is 426. The van der Waals surface area contributed by atoms with Gasteiger partial charge in [-0.25, -0.2) is 8.42 Å². The molecule has 0 fully saturated rings. The number of phenols is 1. The van der Waals surface area contributed by atoms with Crippen molar-refractivity contribution in [3.63, 3.8) is 0 Å². The van der Waals surface area contributed by atoms with Gasteiger partial charge in [0.1, 0.15) is 5.75 Å². The van der Waals surface area contributed by atoms with E-state index in [0.29, 0.717) is 6.42 Å². The average molecular weight is 229 g/mol. The fourth-order valence-corrected chi connectivity index (χ4v) is 2.64. The van der Waals surface area contributed by atoms with Crippen molar-refractivity contribution in [3.05, 3.63) is 24.3 Å². The number of hydrogen-bond donors (Lipinski definition) is 2. The lowest BCUT2D eigenvalue weighted by molar-refractivity contribution is 0.473. The monoisotopic (exact) mass is 229 g/mol. The van der Waals surface area contributed by atoms with Gasteiger partial charge in [0, 0.05) is 6.04 Å². The summed E-state index contributed by atoms with van der Waals surface area (Å²) in [6.45, 7) is 1.76. The fraction of sp³-hybridized carbons (Fsp3) is 0.400. The van der Waals surface area contributed by atoms with Gasteiger partial charge in [0.05, 0.1) is 10.6 Å². The van der Waals surface area contributed by atoms with E-state index in [9.17, 15) is 8.42 Å². The van der Waals surface area contributed by atoms with Gasteiger partial charge in [-0.3, -0.25) is 0 Å². The summed E-state index contributed by atoms with van der Waals surface area (Å²) in [7, 11) is -3.32. The van der Waals surface area contributed by atoms with E-state index in [4.69, 9.17) is 10.8 Å². The molecule has 1 unspecified atom stereocenters.